The number of halogens is 1. The molecule has 0 spiro atoms. The van der Waals surface area contributed by atoms with Crippen LogP contribution >= 0.6 is 34.7 Å². The van der Waals surface area contributed by atoms with E-state index in [1.165, 1.54) is 23.5 Å². The molecule has 1 aromatic heterocycles. The largest absolute Gasteiger partial charge is 0.481 e. The van der Waals surface area contributed by atoms with Crippen molar-refractivity contribution in [3.05, 3.63) is 85.4 Å². The highest BCUT2D eigenvalue weighted by atomic mass is 35.5. The second-order valence-corrected chi connectivity index (χ2v) is 10.3. The number of carbonyl (C=O) groups is 1. The topological polar surface area (TPSA) is 138 Å². The van der Waals surface area contributed by atoms with Crippen LogP contribution in [0.25, 0.3) is 10.2 Å². The Hall–Kier alpha value is -3.74. The maximum absolute atomic E-state index is 12.7. The average molecular weight is 545 g/mol. The molecule has 13 heteroatoms. The lowest BCUT2D eigenvalue weighted by atomic mass is 10.2. The van der Waals surface area contributed by atoms with Crippen LogP contribution < -0.4 is 10.1 Å². The normalized spacial score (nSPS) is 11.8. The third kappa shape index (κ3) is 5.73. The molecule has 0 saturated carbocycles. The Morgan fingerprint density at radius 2 is 1.89 bits per heavy atom. The highest BCUT2D eigenvalue weighted by Gasteiger charge is 2.22. The van der Waals surface area contributed by atoms with Crippen molar-refractivity contribution in [3.63, 3.8) is 0 Å². The summed E-state index contributed by atoms with van der Waals surface area (Å²) in [5, 5.41) is 25.8. The maximum Gasteiger partial charge on any atom is 0.290 e. The number of anilines is 1. The standard InChI is InChI=1S/C23H17ClN4O6S2/c1-12-9-14(24)3-7-19(12)34-13(2)22(29)25-15-4-6-17-21(10-15)36-23(26-17)35-20-8-5-16(27(30)31)11-18(20)28(32)33/h3-11,13H,1-2H3,(H,25,29)/t13-/m1/s1. The van der Waals surface area contributed by atoms with Crippen molar-refractivity contribution in [1.82, 2.24) is 4.98 Å². The number of aryl methyl sites for hydroxylation is 1. The Bertz CT molecular complexity index is 1510. The van der Waals surface area contributed by atoms with Crippen LogP contribution in [0.5, 0.6) is 5.75 Å². The van der Waals surface area contributed by atoms with E-state index >= 15 is 0 Å². The lowest BCUT2D eigenvalue weighted by Gasteiger charge is -2.16. The number of aromatic nitrogens is 1. The number of nitro groups is 2. The highest BCUT2D eigenvalue weighted by molar-refractivity contribution is 8.01. The predicted octanol–water partition coefficient (Wildman–Crippen LogP) is 6.63. The number of fused-ring (bicyclic) bond motifs is 1. The van der Waals surface area contributed by atoms with Crippen molar-refractivity contribution in [2.24, 2.45) is 0 Å². The first kappa shape index (κ1) is 25.4. The van der Waals surface area contributed by atoms with E-state index < -0.39 is 16.0 Å². The zero-order valence-electron chi connectivity index (χ0n) is 18.8. The van der Waals surface area contributed by atoms with Gasteiger partial charge in [-0.25, -0.2) is 4.98 Å². The summed E-state index contributed by atoms with van der Waals surface area (Å²) in [5.74, 6) is 0.214. The molecule has 1 N–H and O–H groups in total. The van der Waals surface area contributed by atoms with Gasteiger partial charge in [-0.05, 0) is 61.9 Å². The SMILES string of the molecule is Cc1cc(Cl)ccc1O[C@H](C)C(=O)Nc1ccc2nc(Sc3ccc([N+](=O)[O-])cc3[N+](=O)[O-])sc2c1. The number of nitrogens with one attached hydrogen (secondary N) is 1. The van der Waals surface area contributed by atoms with Gasteiger partial charge in [0.05, 0.1) is 31.0 Å². The molecule has 4 aromatic rings. The summed E-state index contributed by atoms with van der Waals surface area (Å²) < 4.78 is 7.03. The number of benzene rings is 3. The third-order valence-electron chi connectivity index (χ3n) is 4.99. The number of non-ortho nitro benzene ring substituents is 1. The lowest BCUT2D eigenvalue weighted by Crippen LogP contribution is -2.30. The molecule has 0 aliphatic carbocycles. The molecule has 0 fully saturated rings. The highest BCUT2D eigenvalue weighted by Crippen LogP contribution is 2.40. The van der Waals surface area contributed by atoms with Gasteiger partial charge in [-0.3, -0.25) is 25.0 Å². The van der Waals surface area contributed by atoms with E-state index in [2.05, 4.69) is 10.3 Å². The number of hydrogen-bond acceptors (Lipinski definition) is 9. The molecular formula is C23H17ClN4O6S2. The molecule has 1 heterocycles. The molecule has 0 radical (unpaired) electrons. The first-order chi connectivity index (χ1) is 17.1. The fourth-order valence-electron chi connectivity index (χ4n) is 3.20. The maximum atomic E-state index is 12.7. The van der Waals surface area contributed by atoms with Crippen LogP contribution in [0.4, 0.5) is 17.1 Å². The zero-order valence-corrected chi connectivity index (χ0v) is 21.1. The van der Waals surface area contributed by atoms with Gasteiger partial charge in [-0.15, -0.1) is 11.3 Å². The molecule has 0 aliphatic rings. The van der Waals surface area contributed by atoms with E-state index in [1.807, 2.05) is 6.92 Å². The van der Waals surface area contributed by atoms with Gasteiger partial charge in [0.15, 0.2) is 10.4 Å². The van der Waals surface area contributed by atoms with Crippen LogP contribution in [0.3, 0.4) is 0 Å². The molecule has 0 bridgehead atoms. The number of thiazole rings is 1. The minimum atomic E-state index is -0.768. The predicted molar refractivity (Wildman–Crippen MR) is 138 cm³/mol. The van der Waals surface area contributed by atoms with Crippen molar-refractivity contribution >= 4 is 67.9 Å². The Labute approximate surface area is 217 Å². The van der Waals surface area contributed by atoms with Gasteiger partial charge in [-0.1, -0.05) is 23.4 Å². The Morgan fingerprint density at radius 3 is 2.58 bits per heavy atom. The minimum absolute atomic E-state index is 0.238. The fourth-order valence-corrected chi connectivity index (χ4v) is 5.57. The number of carbonyl (C=O) groups excluding carboxylic acids is 1. The van der Waals surface area contributed by atoms with Crippen molar-refractivity contribution in [3.8, 4) is 5.75 Å². The van der Waals surface area contributed by atoms with Crippen LogP contribution in [0.2, 0.25) is 5.02 Å². The van der Waals surface area contributed by atoms with Crippen LogP contribution in [0.15, 0.2) is 63.8 Å². The van der Waals surface area contributed by atoms with E-state index in [1.54, 1.807) is 43.3 Å². The van der Waals surface area contributed by atoms with Crippen molar-refractivity contribution in [1.29, 1.82) is 0 Å². The Balaban J connectivity index is 1.49. The second kappa shape index (κ2) is 10.5. The van der Waals surface area contributed by atoms with Crippen LogP contribution in [-0.2, 0) is 4.79 Å². The van der Waals surface area contributed by atoms with Gasteiger partial charge in [0.1, 0.15) is 5.75 Å². The number of amides is 1. The summed E-state index contributed by atoms with van der Waals surface area (Å²) in [7, 11) is 0. The number of ether oxygens (including phenoxy) is 1. The van der Waals surface area contributed by atoms with Gasteiger partial charge in [0.2, 0.25) is 0 Å². The third-order valence-corrected chi connectivity index (χ3v) is 7.37. The molecule has 1 amide bonds. The van der Waals surface area contributed by atoms with E-state index in [9.17, 15) is 25.0 Å². The molecule has 0 aliphatic heterocycles. The molecule has 36 heavy (non-hydrogen) atoms. The summed E-state index contributed by atoms with van der Waals surface area (Å²) >= 11 is 8.28. The number of nitro benzene ring substituents is 2. The smallest absolute Gasteiger partial charge is 0.290 e. The van der Waals surface area contributed by atoms with E-state index in [0.717, 1.165) is 28.1 Å². The van der Waals surface area contributed by atoms with Crippen LogP contribution in [-0.4, -0.2) is 26.8 Å². The first-order valence-corrected chi connectivity index (χ1v) is 12.4. The molecule has 0 saturated heterocycles. The molecule has 184 valence electrons. The van der Waals surface area contributed by atoms with Gasteiger partial charge < -0.3 is 10.1 Å². The molecule has 3 aromatic carbocycles. The quantitative estimate of drug-likeness (QED) is 0.192. The van der Waals surface area contributed by atoms with Crippen LogP contribution in [0.1, 0.15) is 12.5 Å². The van der Waals surface area contributed by atoms with Crippen molar-refractivity contribution < 1.29 is 19.4 Å². The van der Waals surface area contributed by atoms with Gasteiger partial charge in [-0.2, -0.15) is 0 Å². The number of nitrogens with zero attached hydrogens (tertiary/aromatic N) is 3. The lowest BCUT2D eigenvalue weighted by molar-refractivity contribution is -0.396. The fraction of sp³-hybridized carbons (Fsp3) is 0.130. The first-order valence-electron chi connectivity index (χ1n) is 10.4. The molecule has 4 rings (SSSR count). The summed E-state index contributed by atoms with van der Waals surface area (Å²) in [4.78, 5) is 38.4. The molecule has 1 atom stereocenters. The summed E-state index contributed by atoms with van der Waals surface area (Å²) in [5.41, 5.74) is 1.27. The van der Waals surface area contributed by atoms with Crippen molar-refractivity contribution in [2.75, 3.05) is 5.32 Å². The number of hydrogen-bond donors (Lipinski definition) is 1. The zero-order chi connectivity index (χ0) is 26.0. The monoisotopic (exact) mass is 544 g/mol. The average Bonchev–Trinajstić information content (AvgIpc) is 3.22. The Morgan fingerprint density at radius 1 is 1.11 bits per heavy atom. The summed E-state index contributed by atoms with van der Waals surface area (Å²) in [6.45, 7) is 3.48. The van der Waals surface area contributed by atoms with E-state index in [4.69, 9.17) is 16.3 Å². The summed E-state index contributed by atoms with van der Waals surface area (Å²) in [6, 6.07) is 13.8. The molecule has 10 nitrogen and oxygen atoms in total. The minimum Gasteiger partial charge on any atom is -0.481 e. The van der Waals surface area contributed by atoms with E-state index in [0.29, 0.717) is 26.3 Å². The summed E-state index contributed by atoms with van der Waals surface area (Å²) in [6.07, 6.45) is -0.768. The van der Waals surface area contributed by atoms with Gasteiger partial charge >= 0.3 is 0 Å². The van der Waals surface area contributed by atoms with Crippen molar-refractivity contribution in [2.45, 2.75) is 29.2 Å². The molecule has 0 unspecified atom stereocenters. The number of rotatable bonds is 8. The second-order valence-electron chi connectivity index (χ2n) is 7.59. The van der Waals surface area contributed by atoms with Crippen LogP contribution in [0, 0.1) is 27.2 Å². The Kier molecular flexibility index (Phi) is 7.38. The molecular weight excluding hydrogens is 528 g/mol. The van der Waals surface area contributed by atoms with Gasteiger partial charge in [0, 0.05) is 16.8 Å². The van der Waals surface area contributed by atoms with E-state index in [-0.39, 0.29) is 22.2 Å². The van der Waals surface area contributed by atoms with Gasteiger partial charge in [0.25, 0.3) is 17.3 Å².